The third kappa shape index (κ3) is 4.28. The second-order valence-corrected chi connectivity index (χ2v) is 6.10. The van der Waals surface area contributed by atoms with Crippen molar-refractivity contribution in [3.05, 3.63) is 20.7 Å². The van der Waals surface area contributed by atoms with Gasteiger partial charge in [-0.05, 0) is 31.5 Å². The summed E-state index contributed by atoms with van der Waals surface area (Å²) in [5, 5.41) is 14.0. The number of hydrazone groups is 1. The Bertz CT molecular complexity index is 702. The van der Waals surface area contributed by atoms with Crippen molar-refractivity contribution < 1.29 is 9.90 Å². The van der Waals surface area contributed by atoms with Gasteiger partial charge in [0.2, 0.25) is 11.8 Å². The number of H-pyrrole nitrogens is 1. The van der Waals surface area contributed by atoms with Gasteiger partial charge in [0.05, 0.1) is 6.21 Å². The van der Waals surface area contributed by atoms with E-state index in [0.29, 0.717) is 6.54 Å². The second kappa shape index (κ2) is 8.05. The SMILES string of the molecule is CCCn1c(O)c(C=NNC(=O)C2CCCCC2)c(=O)[nH]c1=S. The van der Waals surface area contributed by atoms with Gasteiger partial charge in [0.15, 0.2) is 4.77 Å². The summed E-state index contributed by atoms with van der Waals surface area (Å²) in [6, 6.07) is 0. The summed E-state index contributed by atoms with van der Waals surface area (Å²) in [4.78, 5) is 26.4. The number of hydrogen-bond acceptors (Lipinski definition) is 5. The normalized spacial score (nSPS) is 15.9. The number of nitrogens with one attached hydrogen (secondary N) is 2. The van der Waals surface area contributed by atoms with E-state index >= 15 is 0 Å². The minimum absolute atomic E-state index is 0.0176. The summed E-state index contributed by atoms with van der Waals surface area (Å²) in [5.74, 6) is -0.401. The Labute approximate surface area is 139 Å². The van der Waals surface area contributed by atoms with E-state index in [1.165, 1.54) is 11.0 Å². The molecule has 0 bridgehead atoms. The first kappa shape index (κ1) is 17.4. The average Bonchev–Trinajstić information content (AvgIpc) is 2.55. The standard InChI is InChI=1S/C15H22N4O3S/c1-2-8-19-14(22)11(13(21)17-15(19)23)9-16-18-12(20)10-6-4-3-5-7-10/h9-10,22H,2-8H2,1H3,(H,18,20)(H,17,21,23). The van der Waals surface area contributed by atoms with Crippen molar-refractivity contribution in [3.8, 4) is 5.88 Å². The van der Waals surface area contributed by atoms with Crippen LogP contribution in [0.1, 0.15) is 51.0 Å². The van der Waals surface area contributed by atoms with Crippen LogP contribution in [0.3, 0.4) is 0 Å². The predicted octanol–water partition coefficient (Wildman–Crippen LogP) is 2.05. The van der Waals surface area contributed by atoms with Crippen LogP contribution in [0.25, 0.3) is 0 Å². The lowest BCUT2D eigenvalue weighted by molar-refractivity contribution is -0.125. The molecule has 0 aromatic carbocycles. The quantitative estimate of drug-likeness (QED) is 0.435. The molecule has 0 saturated heterocycles. The molecule has 1 amide bonds. The monoisotopic (exact) mass is 338 g/mol. The van der Waals surface area contributed by atoms with Gasteiger partial charge >= 0.3 is 0 Å². The fourth-order valence-corrected chi connectivity index (χ4v) is 3.01. The maximum Gasteiger partial charge on any atom is 0.264 e. The summed E-state index contributed by atoms with van der Waals surface area (Å²) in [6.45, 7) is 2.42. The molecule has 23 heavy (non-hydrogen) atoms. The number of carbonyl (C=O) groups is 1. The van der Waals surface area contributed by atoms with Crippen LogP contribution in [-0.2, 0) is 11.3 Å². The number of aromatic hydroxyl groups is 1. The topological polar surface area (TPSA) is 99.5 Å². The van der Waals surface area contributed by atoms with Crippen LogP contribution in [0.4, 0.5) is 0 Å². The zero-order valence-corrected chi connectivity index (χ0v) is 14.0. The van der Waals surface area contributed by atoms with Crippen molar-refractivity contribution in [1.29, 1.82) is 0 Å². The molecule has 8 heteroatoms. The maximum absolute atomic E-state index is 12.0. The van der Waals surface area contributed by atoms with E-state index in [1.807, 2.05) is 6.92 Å². The highest BCUT2D eigenvalue weighted by Gasteiger charge is 2.20. The summed E-state index contributed by atoms with van der Waals surface area (Å²) in [7, 11) is 0. The molecule has 1 heterocycles. The van der Waals surface area contributed by atoms with Gasteiger partial charge in [-0.1, -0.05) is 26.2 Å². The van der Waals surface area contributed by atoms with Gasteiger partial charge in [-0.2, -0.15) is 5.10 Å². The fraction of sp³-hybridized carbons (Fsp3) is 0.600. The van der Waals surface area contributed by atoms with E-state index in [2.05, 4.69) is 15.5 Å². The molecule has 1 aliphatic carbocycles. The fourth-order valence-electron chi connectivity index (χ4n) is 2.74. The Morgan fingerprint density at radius 3 is 2.83 bits per heavy atom. The van der Waals surface area contributed by atoms with E-state index < -0.39 is 5.56 Å². The number of amides is 1. The first-order chi connectivity index (χ1) is 11.0. The molecule has 2 rings (SSSR count). The van der Waals surface area contributed by atoms with Crippen molar-refractivity contribution in [2.24, 2.45) is 11.0 Å². The van der Waals surface area contributed by atoms with Crippen molar-refractivity contribution in [2.45, 2.75) is 52.0 Å². The van der Waals surface area contributed by atoms with Gasteiger partial charge in [0.1, 0.15) is 5.56 Å². The van der Waals surface area contributed by atoms with Gasteiger partial charge in [-0.15, -0.1) is 0 Å². The van der Waals surface area contributed by atoms with Gasteiger partial charge in [-0.3, -0.25) is 19.1 Å². The number of aromatic nitrogens is 2. The average molecular weight is 338 g/mol. The third-order valence-corrected chi connectivity index (χ3v) is 4.32. The van der Waals surface area contributed by atoms with Gasteiger partial charge < -0.3 is 5.11 Å². The van der Waals surface area contributed by atoms with Crippen LogP contribution in [0.5, 0.6) is 5.88 Å². The lowest BCUT2D eigenvalue weighted by Crippen LogP contribution is -2.28. The number of rotatable bonds is 5. The molecule has 0 atom stereocenters. The van der Waals surface area contributed by atoms with Gasteiger partial charge in [-0.25, -0.2) is 5.43 Å². The first-order valence-electron chi connectivity index (χ1n) is 7.93. The largest absolute Gasteiger partial charge is 0.494 e. The van der Waals surface area contributed by atoms with Crippen LogP contribution in [0, 0.1) is 10.7 Å². The molecule has 126 valence electrons. The first-order valence-corrected chi connectivity index (χ1v) is 8.34. The minimum Gasteiger partial charge on any atom is -0.494 e. The highest BCUT2D eigenvalue weighted by molar-refractivity contribution is 7.71. The highest BCUT2D eigenvalue weighted by atomic mass is 32.1. The van der Waals surface area contributed by atoms with Crippen molar-refractivity contribution in [2.75, 3.05) is 0 Å². The van der Waals surface area contributed by atoms with E-state index in [9.17, 15) is 14.7 Å². The van der Waals surface area contributed by atoms with Crippen molar-refractivity contribution >= 4 is 24.3 Å². The molecule has 1 fully saturated rings. The van der Waals surface area contributed by atoms with E-state index in [1.54, 1.807) is 0 Å². The van der Waals surface area contributed by atoms with E-state index in [4.69, 9.17) is 12.2 Å². The van der Waals surface area contributed by atoms with Crippen LogP contribution < -0.4 is 11.0 Å². The molecule has 0 radical (unpaired) electrons. The number of nitrogens with zero attached hydrogens (tertiary/aromatic N) is 2. The van der Waals surface area contributed by atoms with Crippen LogP contribution in [0.15, 0.2) is 9.90 Å². The van der Waals surface area contributed by atoms with Crippen LogP contribution >= 0.6 is 12.2 Å². The van der Waals surface area contributed by atoms with E-state index in [0.717, 1.165) is 38.3 Å². The van der Waals surface area contributed by atoms with Gasteiger partial charge in [0, 0.05) is 12.5 Å². The molecule has 1 saturated carbocycles. The number of aromatic amines is 1. The Kier molecular flexibility index (Phi) is 6.09. The molecule has 1 aromatic rings. The molecule has 7 nitrogen and oxygen atoms in total. The van der Waals surface area contributed by atoms with Gasteiger partial charge in [0.25, 0.3) is 5.56 Å². The molecular weight excluding hydrogens is 316 g/mol. The summed E-state index contributed by atoms with van der Waals surface area (Å²) in [6.07, 6.45) is 6.93. The third-order valence-electron chi connectivity index (χ3n) is 4.00. The Morgan fingerprint density at radius 1 is 1.48 bits per heavy atom. The lowest BCUT2D eigenvalue weighted by Gasteiger charge is -2.19. The highest BCUT2D eigenvalue weighted by Crippen LogP contribution is 2.23. The van der Waals surface area contributed by atoms with Crippen molar-refractivity contribution in [1.82, 2.24) is 15.0 Å². The molecule has 1 aromatic heterocycles. The lowest BCUT2D eigenvalue weighted by atomic mass is 9.89. The molecular formula is C15H22N4O3S. The maximum atomic E-state index is 12.0. The predicted molar refractivity (Wildman–Crippen MR) is 90.2 cm³/mol. The number of carbonyl (C=O) groups excluding carboxylic acids is 1. The smallest absolute Gasteiger partial charge is 0.264 e. The molecule has 0 spiro atoms. The molecule has 0 aliphatic heterocycles. The summed E-state index contributed by atoms with van der Waals surface area (Å²) < 4.78 is 1.60. The van der Waals surface area contributed by atoms with Crippen LogP contribution in [-0.4, -0.2) is 26.8 Å². The zero-order chi connectivity index (χ0) is 16.8. The summed E-state index contributed by atoms with van der Waals surface area (Å²) in [5.41, 5.74) is 1.90. The van der Waals surface area contributed by atoms with Crippen LogP contribution in [0.2, 0.25) is 0 Å². The minimum atomic E-state index is -0.532. The Morgan fingerprint density at radius 2 is 2.17 bits per heavy atom. The molecule has 0 unspecified atom stereocenters. The zero-order valence-electron chi connectivity index (χ0n) is 13.2. The number of hydrogen-bond donors (Lipinski definition) is 3. The van der Waals surface area contributed by atoms with E-state index in [-0.39, 0.29) is 28.0 Å². The Balaban J connectivity index is 2.12. The summed E-state index contributed by atoms with van der Waals surface area (Å²) >= 11 is 5.02. The molecule has 3 N–H and O–H groups in total. The van der Waals surface area contributed by atoms with Crippen molar-refractivity contribution in [3.63, 3.8) is 0 Å². The second-order valence-electron chi connectivity index (χ2n) is 5.72. The molecule has 1 aliphatic rings. The Hall–Kier alpha value is -1.96.